The number of carbonyl (C=O) groups is 1. The number of amides is 1. The summed E-state index contributed by atoms with van der Waals surface area (Å²) in [5.41, 5.74) is 3.19. The fourth-order valence-electron chi connectivity index (χ4n) is 2.19. The highest BCUT2D eigenvalue weighted by atomic mass is 79.9. The molecule has 130 valence electrons. The minimum atomic E-state index is -0.510. The molecule has 1 aromatic heterocycles. The van der Waals surface area contributed by atoms with Crippen LogP contribution in [-0.2, 0) is 4.84 Å². The van der Waals surface area contributed by atoms with E-state index in [1.165, 1.54) is 17.6 Å². The van der Waals surface area contributed by atoms with Gasteiger partial charge in [-0.1, -0.05) is 22.0 Å². The second-order valence-corrected chi connectivity index (χ2v) is 6.70. The highest BCUT2D eigenvalue weighted by molar-refractivity contribution is 9.10. The number of rotatable bonds is 6. The van der Waals surface area contributed by atoms with Gasteiger partial charge in [0.2, 0.25) is 0 Å². The molecular formula is C16H13BrFN3O3S. The van der Waals surface area contributed by atoms with Gasteiger partial charge in [-0.05, 0) is 35.8 Å². The monoisotopic (exact) mass is 425 g/mol. The average Bonchev–Trinajstić information content (AvgIpc) is 3.06. The van der Waals surface area contributed by atoms with E-state index in [0.717, 1.165) is 10.1 Å². The zero-order valence-electron chi connectivity index (χ0n) is 12.8. The van der Waals surface area contributed by atoms with Gasteiger partial charge in [-0.2, -0.15) is 4.37 Å². The highest BCUT2D eigenvalue weighted by Crippen LogP contribution is 2.34. The second kappa shape index (κ2) is 7.87. The molecule has 0 spiro atoms. The second-order valence-electron chi connectivity index (χ2n) is 4.98. The first kappa shape index (κ1) is 17.7. The Morgan fingerprint density at radius 2 is 2.20 bits per heavy atom. The smallest absolute Gasteiger partial charge is 0.277 e. The number of aliphatic hydroxyl groups excluding tert-OH is 1. The third-order valence-electron chi connectivity index (χ3n) is 3.32. The molecule has 0 aliphatic carbocycles. The van der Waals surface area contributed by atoms with Crippen molar-refractivity contribution in [2.24, 2.45) is 0 Å². The maximum absolute atomic E-state index is 14.2. The predicted molar refractivity (Wildman–Crippen MR) is 97.5 cm³/mol. The maximum atomic E-state index is 14.2. The molecule has 25 heavy (non-hydrogen) atoms. The molecule has 0 fully saturated rings. The normalized spacial score (nSPS) is 10.8. The van der Waals surface area contributed by atoms with Crippen molar-refractivity contribution >= 4 is 54.8 Å². The summed E-state index contributed by atoms with van der Waals surface area (Å²) < 4.78 is 19.6. The summed E-state index contributed by atoms with van der Waals surface area (Å²) in [6, 6.07) is 7.96. The number of hydrogen-bond acceptors (Lipinski definition) is 6. The molecule has 0 unspecified atom stereocenters. The lowest BCUT2D eigenvalue weighted by Crippen LogP contribution is -2.25. The SMILES string of the molecule is O=C(NOCCO)c1ccc2cnsc2c1Nc1ccc(Br)cc1F. The number of aliphatic hydroxyl groups is 1. The lowest BCUT2D eigenvalue weighted by molar-refractivity contribution is 0.0169. The largest absolute Gasteiger partial charge is 0.394 e. The third kappa shape index (κ3) is 3.96. The van der Waals surface area contributed by atoms with E-state index in [0.29, 0.717) is 10.2 Å². The van der Waals surface area contributed by atoms with Gasteiger partial charge >= 0.3 is 0 Å². The summed E-state index contributed by atoms with van der Waals surface area (Å²) >= 11 is 4.41. The molecule has 0 atom stereocenters. The summed E-state index contributed by atoms with van der Waals surface area (Å²) in [6.07, 6.45) is 1.67. The molecule has 0 bridgehead atoms. The molecule has 3 rings (SSSR count). The van der Waals surface area contributed by atoms with Gasteiger partial charge in [0, 0.05) is 16.1 Å². The number of nitrogens with one attached hydrogen (secondary N) is 2. The molecule has 0 aliphatic rings. The van der Waals surface area contributed by atoms with Crippen LogP contribution in [0.25, 0.3) is 10.1 Å². The van der Waals surface area contributed by atoms with Gasteiger partial charge in [-0.3, -0.25) is 9.63 Å². The maximum Gasteiger partial charge on any atom is 0.277 e. The predicted octanol–water partition coefficient (Wildman–Crippen LogP) is 3.60. The van der Waals surface area contributed by atoms with Crippen LogP contribution in [0, 0.1) is 5.82 Å². The number of carbonyl (C=O) groups excluding carboxylic acids is 1. The van der Waals surface area contributed by atoms with E-state index in [-0.39, 0.29) is 24.5 Å². The first-order chi connectivity index (χ1) is 12.1. The van der Waals surface area contributed by atoms with Crippen LogP contribution in [0.15, 0.2) is 41.0 Å². The molecule has 0 saturated carbocycles. The Hall–Kier alpha value is -2.07. The Balaban J connectivity index is 2.00. The zero-order valence-corrected chi connectivity index (χ0v) is 15.2. The first-order valence-electron chi connectivity index (χ1n) is 7.22. The van der Waals surface area contributed by atoms with E-state index < -0.39 is 11.7 Å². The van der Waals surface area contributed by atoms with Crippen molar-refractivity contribution in [3.8, 4) is 0 Å². The molecule has 0 aliphatic heterocycles. The van der Waals surface area contributed by atoms with Crippen LogP contribution in [-0.4, -0.2) is 28.6 Å². The molecule has 3 aromatic rings. The topological polar surface area (TPSA) is 83.5 Å². The summed E-state index contributed by atoms with van der Waals surface area (Å²) in [5.74, 6) is -0.970. The van der Waals surface area contributed by atoms with Gasteiger partial charge < -0.3 is 10.4 Å². The van der Waals surface area contributed by atoms with Crippen molar-refractivity contribution in [3.05, 3.63) is 52.4 Å². The lowest BCUT2D eigenvalue weighted by Gasteiger charge is -2.14. The third-order valence-corrected chi connectivity index (χ3v) is 4.64. The minimum Gasteiger partial charge on any atom is -0.394 e. The van der Waals surface area contributed by atoms with Gasteiger partial charge in [0.15, 0.2) is 0 Å². The van der Waals surface area contributed by atoms with Crippen molar-refractivity contribution in [2.75, 3.05) is 18.5 Å². The molecule has 0 radical (unpaired) electrons. The number of anilines is 2. The van der Waals surface area contributed by atoms with Crippen LogP contribution in [0.3, 0.4) is 0 Å². The van der Waals surface area contributed by atoms with Crippen LogP contribution in [0.2, 0.25) is 0 Å². The molecule has 3 N–H and O–H groups in total. The molecule has 1 amide bonds. The van der Waals surface area contributed by atoms with Crippen LogP contribution >= 0.6 is 27.5 Å². The molecule has 0 saturated heterocycles. The molecule has 9 heteroatoms. The summed E-state index contributed by atoms with van der Waals surface area (Å²) in [5, 5.41) is 12.5. The highest BCUT2D eigenvalue weighted by Gasteiger charge is 2.17. The fourth-order valence-corrected chi connectivity index (χ4v) is 3.27. The van der Waals surface area contributed by atoms with Crippen LogP contribution in [0.1, 0.15) is 10.4 Å². The average molecular weight is 426 g/mol. The minimum absolute atomic E-state index is 0.0291. The number of halogens is 2. The Bertz CT molecular complexity index is 919. The summed E-state index contributed by atoms with van der Waals surface area (Å²) in [6.45, 7) is -0.248. The zero-order chi connectivity index (χ0) is 17.8. The number of hydrogen-bond donors (Lipinski definition) is 3. The van der Waals surface area contributed by atoms with E-state index >= 15 is 0 Å². The van der Waals surface area contributed by atoms with Crippen molar-refractivity contribution in [2.45, 2.75) is 0 Å². The molecule has 1 heterocycles. The van der Waals surface area contributed by atoms with Crippen molar-refractivity contribution in [1.29, 1.82) is 0 Å². The number of nitrogens with zero attached hydrogens (tertiary/aromatic N) is 1. The van der Waals surface area contributed by atoms with Gasteiger partial charge in [0.1, 0.15) is 5.82 Å². The van der Waals surface area contributed by atoms with E-state index in [2.05, 4.69) is 31.1 Å². The van der Waals surface area contributed by atoms with E-state index in [1.54, 1.807) is 30.5 Å². The van der Waals surface area contributed by atoms with E-state index in [4.69, 9.17) is 9.94 Å². The molecular weight excluding hydrogens is 413 g/mol. The quantitative estimate of drug-likeness (QED) is 0.415. The Labute approximate surface area is 154 Å². The number of fused-ring (bicyclic) bond motifs is 1. The van der Waals surface area contributed by atoms with Gasteiger partial charge in [0.05, 0.1) is 34.9 Å². The van der Waals surface area contributed by atoms with Gasteiger partial charge in [-0.25, -0.2) is 9.87 Å². The van der Waals surface area contributed by atoms with E-state index in [9.17, 15) is 9.18 Å². The van der Waals surface area contributed by atoms with Gasteiger partial charge in [0.25, 0.3) is 5.91 Å². The van der Waals surface area contributed by atoms with E-state index in [1.807, 2.05) is 0 Å². The summed E-state index contributed by atoms with van der Waals surface area (Å²) in [7, 11) is 0. The van der Waals surface area contributed by atoms with Gasteiger partial charge in [-0.15, -0.1) is 0 Å². The molecule has 2 aromatic carbocycles. The van der Waals surface area contributed by atoms with Crippen LogP contribution < -0.4 is 10.8 Å². The lowest BCUT2D eigenvalue weighted by atomic mass is 10.1. The van der Waals surface area contributed by atoms with Crippen LogP contribution in [0.5, 0.6) is 0 Å². The Kier molecular flexibility index (Phi) is 5.59. The van der Waals surface area contributed by atoms with Crippen molar-refractivity contribution in [1.82, 2.24) is 9.85 Å². The first-order valence-corrected chi connectivity index (χ1v) is 8.79. The Morgan fingerprint density at radius 3 is 2.96 bits per heavy atom. The molecule has 6 nitrogen and oxygen atoms in total. The Morgan fingerprint density at radius 1 is 1.36 bits per heavy atom. The number of benzene rings is 2. The van der Waals surface area contributed by atoms with Crippen molar-refractivity contribution in [3.63, 3.8) is 0 Å². The number of aromatic nitrogens is 1. The summed E-state index contributed by atoms with van der Waals surface area (Å²) in [4.78, 5) is 17.2. The standard InChI is InChI=1S/C16H13BrFN3O3S/c17-10-2-4-13(12(18)7-10)20-14-11(16(23)21-24-6-5-22)3-1-9-8-19-25-15(9)14/h1-4,7-8,20,22H,5-6H2,(H,21,23). The van der Waals surface area contributed by atoms with Crippen LogP contribution in [0.4, 0.5) is 15.8 Å². The van der Waals surface area contributed by atoms with Crippen molar-refractivity contribution < 1.29 is 19.1 Å². The number of hydroxylamine groups is 1. The fraction of sp³-hybridized carbons (Fsp3) is 0.125.